The van der Waals surface area contributed by atoms with Crippen molar-refractivity contribution in [3.05, 3.63) is 58.3 Å². The van der Waals surface area contributed by atoms with Gasteiger partial charge in [0.15, 0.2) is 0 Å². The molecule has 2 aromatic carbocycles. The van der Waals surface area contributed by atoms with Crippen molar-refractivity contribution >= 4 is 15.9 Å². The smallest absolute Gasteiger partial charge is 0.131 e. The van der Waals surface area contributed by atoms with Crippen molar-refractivity contribution in [3.63, 3.8) is 0 Å². The molecule has 0 nitrogen and oxygen atoms in total. The maximum Gasteiger partial charge on any atom is 0.131 e. The van der Waals surface area contributed by atoms with Crippen LogP contribution in [0.3, 0.4) is 0 Å². The maximum absolute atomic E-state index is 14.1. The zero-order valence-corrected chi connectivity index (χ0v) is 12.0. The van der Waals surface area contributed by atoms with E-state index in [1.54, 1.807) is 6.07 Å². The van der Waals surface area contributed by atoms with Gasteiger partial charge < -0.3 is 0 Å². The summed E-state index contributed by atoms with van der Waals surface area (Å²) >= 11 is 3.38. The predicted octanol–water partition coefficient (Wildman–Crippen LogP) is 5.60. The Morgan fingerprint density at radius 1 is 1.06 bits per heavy atom. The predicted molar refractivity (Wildman–Crippen MR) is 78.1 cm³/mol. The summed E-state index contributed by atoms with van der Waals surface area (Å²) < 4.78 is 15.1. The number of rotatable bonds is 4. The van der Waals surface area contributed by atoms with Crippen molar-refractivity contribution in [3.8, 4) is 11.1 Å². The van der Waals surface area contributed by atoms with Crippen LogP contribution in [0.25, 0.3) is 11.1 Å². The number of unbranched alkanes of at least 4 members (excludes halogenated alkanes) is 1. The summed E-state index contributed by atoms with van der Waals surface area (Å²) in [6.07, 6.45) is 3.20. The summed E-state index contributed by atoms with van der Waals surface area (Å²) in [4.78, 5) is 0. The molecule has 0 fully saturated rings. The van der Waals surface area contributed by atoms with Crippen LogP contribution >= 0.6 is 15.9 Å². The molecule has 0 spiro atoms. The van der Waals surface area contributed by atoms with Gasteiger partial charge in [0.2, 0.25) is 0 Å². The summed E-state index contributed by atoms with van der Waals surface area (Å²) in [5.41, 5.74) is 2.66. The Kier molecular flexibility index (Phi) is 4.54. The molecule has 18 heavy (non-hydrogen) atoms. The second-order valence-corrected chi connectivity index (χ2v) is 5.34. The highest BCUT2D eigenvalue weighted by Gasteiger charge is 2.06. The first-order chi connectivity index (χ1) is 8.70. The normalized spacial score (nSPS) is 10.6. The van der Waals surface area contributed by atoms with Crippen LogP contribution in [0.5, 0.6) is 0 Å². The lowest BCUT2D eigenvalue weighted by molar-refractivity contribution is 0.627. The maximum atomic E-state index is 14.1. The summed E-state index contributed by atoms with van der Waals surface area (Å²) in [7, 11) is 0. The highest BCUT2D eigenvalue weighted by Crippen LogP contribution is 2.25. The number of halogens is 2. The zero-order chi connectivity index (χ0) is 13.0. The molecule has 2 aromatic rings. The quantitative estimate of drug-likeness (QED) is 0.690. The van der Waals surface area contributed by atoms with Gasteiger partial charge in [0.1, 0.15) is 5.82 Å². The van der Waals surface area contributed by atoms with Gasteiger partial charge in [0, 0.05) is 10.0 Å². The zero-order valence-electron chi connectivity index (χ0n) is 10.4. The van der Waals surface area contributed by atoms with E-state index in [0.717, 1.165) is 34.9 Å². The molecule has 0 N–H and O–H groups in total. The molecule has 0 aliphatic heterocycles. The fraction of sp³-hybridized carbons (Fsp3) is 0.250. The first-order valence-electron chi connectivity index (χ1n) is 6.25. The van der Waals surface area contributed by atoms with E-state index in [-0.39, 0.29) is 5.82 Å². The molecule has 0 bridgehead atoms. The largest absolute Gasteiger partial charge is 0.206 e. The average molecular weight is 307 g/mol. The number of hydrogen-bond donors (Lipinski definition) is 0. The minimum Gasteiger partial charge on any atom is -0.206 e. The minimum atomic E-state index is -0.133. The van der Waals surface area contributed by atoms with Gasteiger partial charge in [0.25, 0.3) is 0 Å². The highest BCUT2D eigenvalue weighted by molar-refractivity contribution is 9.10. The van der Waals surface area contributed by atoms with Crippen LogP contribution in [-0.2, 0) is 6.42 Å². The van der Waals surface area contributed by atoms with E-state index in [1.807, 2.05) is 36.4 Å². The Morgan fingerprint density at radius 2 is 1.78 bits per heavy atom. The topological polar surface area (TPSA) is 0 Å². The Balaban J connectivity index is 2.26. The van der Waals surface area contributed by atoms with Gasteiger partial charge in [0.05, 0.1) is 0 Å². The van der Waals surface area contributed by atoms with Gasteiger partial charge in [-0.2, -0.15) is 0 Å². The molecule has 0 atom stereocenters. The monoisotopic (exact) mass is 306 g/mol. The van der Waals surface area contributed by atoms with E-state index in [4.69, 9.17) is 0 Å². The Hall–Kier alpha value is -1.15. The molecule has 0 radical (unpaired) electrons. The highest BCUT2D eigenvalue weighted by atomic mass is 79.9. The molecule has 0 saturated carbocycles. The number of aryl methyl sites for hydroxylation is 1. The second-order valence-electron chi connectivity index (χ2n) is 4.42. The number of benzene rings is 2. The summed E-state index contributed by atoms with van der Waals surface area (Å²) in [6, 6.07) is 13.3. The van der Waals surface area contributed by atoms with Gasteiger partial charge in [-0.25, -0.2) is 4.39 Å². The summed E-state index contributed by atoms with van der Waals surface area (Å²) in [5.74, 6) is -0.133. The Labute approximate surface area is 116 Å². The third-order valence-electron chi connectivity index (χ3n) is 3.01. The average Bonchev–Trinajstić information content (AvgIpc) is 2.38. The molecule has 2 rings (SSSR count). The van der Waals surface area contributed by atoms with E-state index in [0.29, 0.717) is 5.56 Å². The van der Waals surface area contributed by atoms with E-state index < -0.39 is 0 Å². The minimum absolute atomic E-state index is 0.133. The fourth-order valence-electron chi connectivity index (χ4n) is 1.96. The first kappa shape index (κ1) is 13.3. The van der Waals surface area contributed by atoms with Crippen molar-refractivity contribution in [2.75, 3.05) is 0 Å². The van der Waals surface area contributed by atoms with E-state index >= 15 is 0 Å². The summed E-state index contributed by atoms with van der Waals surface area (Å²) in [5, 5.41) is 0. The fourth-order valence-corrected chi connectivity index (χ4v) is 2.22. The molecule has 0 aliphatic rings. The first-order valence-corrected chi connectivity index (χ1v) is 7.04. The van der Waals surface area contributed by atoms with E-state index in [2.05, 4.69) is 22.9 Å². The van der Waals surface area contributed by atoms with Gasteiger partial charge >= 0.3 is 0 Å². The van der Waals surface area contributed by atoms with Crippen LogP contribution in [-0.4, -0.2) is 0 Å². The van der Waals surface area contributed by atoms with Crippen molar-refractivity contribution < 1.29 is 4.39 Å². The van der Waals surface area contributed by atoms with Crippen LogP contribution in [0, 0.1) is 5.82 Å². The van der Waals surface area contributed by atoms with Gasteiger partial charge in [-0.15, -0.1) is 0 Å². The lowest BCUT2D eigenvalue weighted by Gasteiger charge is -2.06. The van der Waals surface area contributed by atoms with Crippen LogP contribution in [0.2, 0.25) is 0 Å². The molecule has 0 amide bonds. The Bertz CT molecular complexity index is 517. The molecule has 0 aliphatic carbocycles. The van der Waals surface area contributed by atoms with Crippen molar-refractivity contribution in [1.82, 2.24) is 0 Å². The third-order valence-corrected chi connectivity index (χ3v) is 3.54. The molecule has 0 unspecified atom stereocenters. The third kappa shape index (κ3) is 3.20. The molecular weight excluding hydrogens is 291 g/mol. The molecule has 94 valence electrons. The van der Waals surface area contributed by atoms with Crippen LogP contribution < -0.4 is 0 Å². The molecule has 0 saturated heterocycles. The van der Waals surface area contributed by atoms with Crippen molar-refractivity contribution in [2.45, 2.75) is 26.2 Å². The van der Waals surface area contributed by atoms with Crippen LogP contribution in [0.4, 0.5) is 4.39 Å². The van der Waals surface area contributed by atoms with Gasteiger partial charge in [-0.3, -0.25) is 0 Å². The van der Waals surface area contributed by atoms with Crippen molar-refractivity contribution in [2.24, 2.45) is 0 Å². The lowest BCUT2D eigenvalue weighted by atomic mass is 10.0. The van der Waals surface area contributed by atoms with Crippen molar-refractivity contribution in [1.29, 1.82) is 0 Å². The van der Waals surface area contributed by atoms with Gasteiger partial charge in [-0.1, -0.05) is 53.5 Å². The number of hydrogen-bond acceptors (Lipinski definition) is 0. The van der Waals surface area contributed by atoms with E-state index in [1.165, 1.54) is 0 Å². The second kappa shape index (κ2) is 6.14. The lowest BCUT2D eigenvalue weighted by Crippen LogP contribution is -1.90. The Morgan fingerprint density at radius 3 is 2.39 bits per heavy atom. The molecule has 2 heteroatoms. The molecular formula is C16H16BrF. The SMILES string of the molecule is CCCCc1ccc(-c2ccc(Br)cc2)c(F)c1. The van der Waals surface area contributed by atoms with Gasteiger partial charge in [-0.05, 0) is 42.2 Å². The molecule has 0 heterocycles. The standard InChI is InChI=1S/C16H16BrF/c1-2-3-4-12-5-10-15(16(18)11-12)13-6-8-14(17)9-7-13/h5-11H,2-4H2,1H3. The molecule has 0 aromatic heterocycles. The summed E-state index contributed by atoms with van der Waals surface area (Å²) in [6.45, 7) is 2.15. The van der Waals surface area contributed by atoms with Crippen LogP contribution in [0.15, 0.2) is 46.9 Å². The van der Waals surface area contributed by atoms with E-state index in [9.17, 15) is 4.39 Å². The van der Waals surface area contributed by atoms with Crippen LogP contribution in [0.1, 0.15) is 25.3 Å².